The number of benzene rings is 1. The van der Waals surface area contributed by atoms with Crippen molar-refractivity contribution in [2.24, 2.45) is 17.8 Å². The second-order valence-corrected chi connectivity index (χ2v) is 8.91. The van der Waals surface area contributed by atoms with Crippen LogP contribution in [0.15, 0.2) is 36.4 Å². The highest BCUT2D eigenvalue weighted by atomic mass is 32.1. The third-order valence-electron chi connectivity index (χ3n) is 4.98. The number of thiazole rings is 1. The molecule has 0 radical (unpaired) electrons. The van der Waals surface area contributed by atoms with Crippen molar-refractivity contribution < 1.29 is 14.7 Å². The van der Waals surface area contributed by atoms with Crippen LogP contribution in [0.2, 0.25) is 0 Å². The van der Waals surface area contributed by atoms with Crippen LogP contribution in [0, 0.1) is 24.7 Å². The molecular formula is C22H26N2O3S. The molecular weight excluding hydrogens is 372 g/mol. The maximum absolute atomic E-state index is 12.6. The Balaban J connectivity index is 1.74. The Labute approximate surface area is 169 Å². The summed E-state index contributed by atoms with van der Waals surface area (Å²) < 4.78 is 0. The van der Waals surface area contributed by atoms with Gasteiger partial charge in [-0.25, -0.2) is 4.98 Å². The van der Waals surface area contributed by atoms with Crippen LogP contribution in [0.3, 0.4) is 0 Å². The Morgan fingerprint density at radius 1 is 1.18 bits per heavy atom. The summed E-state index contributed by atoms with van der Waals surface area (Å²) in [5.74, 6) is -1.84. The van der Waals surface area contributed by atoms with Gasteiger partial charge in [0, 0.05) is 10.4 Å². The molecule has 0 spiro atoms. The number of aromatic nitrogens is 1. The summed E-state index contributed by atoms with van der Waals surface area (Å²) in [6, 6.07) is 8.38. The predicted octanol–water partition coefficient (Wildman–Crippen LogP) is 4.92. The Morgan fingerprint density at radius 3 is 2.43 bits per heavy atom. The maximum Gasteiger partial charge on any atom is 0.307 e. The maximum atomic E-state index is 12.6. The van der Waals surface area contributed by atoms with Gasteiger partial charge < -0.3 is 10.4 Å². The van der Waals surface area contributed by atoms with Gasteiger partial charge in [0.15, 0.2) is 5.13 Å². The third kappa shape index (κ3) is 4.68. The smallest absolute Gasteiger partial charge is 0.307 e. The van der Waals surface area contributed by atoms with Crippen molar-refractivity contribution in [2.45, 2.75) is 40.0 Å². The predicted molar refractivity (Wildman–Crippen MR) is 112 cm³/mol. The van der Waals surface area contributed by atoms with Crippen molar-refractivity contribution in [1.29, 1.82) is 0 Å². The van der Waals surface area contributed by atoms with E-state index >= 15 is 0 Å². The first-order chi connectivity index (χ1) is 13.3. The number of hydrogen-bond acceptors (Lipinski definition) is 4. The van der Waals surface area contributed by atoms with Crippen molar-refractivity contribution >= 4 is 28.3 Å². The monoisotopic (exact) mass is 398 g/mol. The fourth-order valence-electron chi connectivity index (χ4n) is 3.56. The molecule has 6 heteroatoms. The van der Waals surface area contributed by atoms with E-state index in [9.17, 15) is 14.7 Å². The zero-order valence-corrected chi connectivity index (χ0v) is 17.3. The minimum atomic E-state index is -0.929. The number of aliphatic carboxylic acids is 1. The molecule has 1 aliphatic carbocycles. The molecule has 2 aromatic rings. The Morgan fingerprint density at radius 2 is 1.82 bits per heavy atom. The number of hydrogen-bond donors (Lipinski definition) is 2. The van der Waals surface area contributed by atoms with Gasteiger partial charge in [0.05, 0.1) is 17.5 Å². The number of carbonyl (C=O) groups excluding carboxylic acids is 1. The van der Waals surface area contributed by atoms with E-state index in [4.69, 9.17) is 0 Å². The fraction of sp³-hybridized carbons (Fsp3) is 0.409. The van der Waals surface area contributed by atoms with Crippen molar-refractivity contribution in [3.05, 3.63) is 46.9 Å². The number of nitrogens with one attached hydrogen (secondary N) is 1. The van der Waals surface area contributed by atoms with E-state index in [1.807, 2.05) is 19.1 Å². The zero-order valence-electron chi connectivity index (χ0n) is 16.4. The van der Waals surface area contributed by atoms with Crippen molar-refractivity contribution in [3.8, 4) is 11.3 Å². The summed E-state index contributed by atoms with van der Waals surface area (Å²) >= 11 is 1.42. The van der Waals surface area contributed by atoms with E-state index in [0.717, 1.165) is 22.6 Å². The van der Waals surface area contributed by atoms with Crippen molar-refractivity contribution in [2.75, 3.05) is 5.32 Å². The first kappa shape index (κ1) is 20.3. The Bertz CT molecular complexity index is 884. The number of aryl methyl sites for hydroxylation is 1. The molecule has 28 heavy (non-hydrogen) atoms. The molecule has 0 fully saturated rings. The van der Waals surface area contributed by atoms with E-state index in [1.54, 1.807) is 0 Å². The summed E-state index contributed by atoms with van der Waals surface area (Å²) in [4.78, 5) is 29.7. The van der Waals surface area contributed by atoms with Crippen LogP contribution < -0.4 is 5.32 Å². The lowest BCUT2D eigenvalue weighted by Crippen LogP contribution is -2.34. The Hall–Kier alpha value is -2.47. The number of nitrogens with zero attached hydrogens (tertiary/aromatic N) is 1. The molecule has 0 bridgehead atoms. The standard InChI is InChI=1S/C22H26N2O3S/c1-13(2)12-15-8-10-16(11-9-15)19-14(3)28-22(23-19)24-20(25)17-6-4-5-7-18(17)21(26)27/h4-5,8-11,13,17-18H,6-7,12H2,1-3H3,(H,26,27)(H,23,24,25). The van der Waals surface area contributed by atoms with Gasteiger partial charge in [-0.05, 0) is 37.7 Å². The summed E-state index contributed by atoms with van der Waals surface area (Å²) in [5, 5.41) is 12.7. The molecule has 1 aromatic heterocycles. The van der Waals surface area contributed by atoms with Gasteiger partial charge in [0.1, 0.15) is 0 Å². The molecule has 2 atom stereocenters. The van der Waals surface area contributed by atoms with Gasteiger partial charge in [-0.1, -0.05) is 50.3 Å². The van der Waals surface area contributed by atoms with Crippen LogP contribution >= 0.6 is 11.3 Å². The average Bonchev–Trinajstić information content (AvgIpc) is 3.02. The van der Waals surface area contributed by atoms with Crippen LogP contribution in [0.1, 0.15) is 37.1 Å². The lowest BCUT2D eigenvalue weighted by Gasteiger charge is -2.23. The van der Waals surface area contributed by atoms with Crippen LogP contribution in [0.25, 0.3) is 11.3 Å². The number of allylic oxidation sites excluding steroid dienone is 2. The second kappa shape index (κ2) is 8.69. The normalized spacial score (nSPS) is 19.0. The molecule has 1 heterocycles. The summed E-state index contributed by atoms with van der Waals surface area (Å²) in [6.45, 7) is 6.38. The molecule has 148 valence electrons. The van der Waals surface area contributed by atoms with E-state index in [1.165, 1.54) is 16.9 Å². The highest BCUT2D eigenvalue weighted by molar-refractivity contribution is 7.16. The topological polar surface area (TPSA) is 79.3 Å². The number of carboxylic acid groups (broad SMARTS) is 1. The first-order valence-corrected chi connectivity index (χ1v) is 10.4. The minimum absolute atomic E-state index is 0.274. The molecule has 0 saturated carbocycles. The van der Waals surface area contributed by atoms with Crippen LogP contribution in [-0.2, 0) is 16.0 Å². The van der Waals surface area contributed by atoms with Crippen molar-refractivity contribution in [1.82, 2.24) is 4.98 Å². The number of anilines is 1. The van der Waals surface area contributed by atoms with E-state index in [2.05, 4.69) is 48.4 Å². The lowest BCUT2D eigenvalue weighted by molar-refractivity contribution is -0.146. The minimum Gasteiger partial charge on any atom is -0.481 e. The van der Waals surface area contributed by atoms with Crippen LogP contribution in [-0.4, -0.2) is 22.0 Å². The van der Waals surface area contributed by atoms with E-state index in [-0.39, 0.29) is 5.91 Å². The molecule has 5 nitrogen and oxygen atoms in total. The lowest BCUT2D eigenvalue weighted by atomic mass is 9.82. The summed E-state index contributed by atoms with van der Waals surface area (Å²) in [5.41, 5.74) is 3.17. The highest BCUT2D eigenvalue weighted by Crippen LogP contribution is 2.32. The number of carbonyl (C=O) groups is 2. The first-order valence-electron chi connectivity index (χ1n) is 9.60. The number of carboxylic acids is 1. The van der Waals surface area contributed by atoms with Crippen molar-refractivity contribution in [3.63, 3.8) is 0 Å². The van der Waals surface area contributed by atoms with Gasteiger partial charge in [0.2, 0.25) is 5.91 Å². The van der Waals surface area contributed by atoms with E-state index in [0.29, 0.717) is 23.9 Å². The molecule has 2 unspecified atom stereocenters. The third-order valence-corrected chi connectivity index (χ3v) is 5.87. The highest BCUT2D eigenvalue weighted by Gasteiger charge is 2.34. The van der Waals surface area contributed by atoms with Gasteiger partial charge in [-0.3, -0.25) is 9.59 Å². The largest absolute Gasteiger partial charge is 0.481 e. The average molecular weight is 399 g/mol. The van der Waals surface area contributed by atoms with Crippen LogP contribution in [0.4, 0.5) is 5.13 Å². The molecule has 0 saturated heterocycles. The zero-order chi connectivity index (χ0) is 20.3. The quantitative estimate of drug-likeness (QED) is 0.677. The SMILES string of the molecule is Cc1sc(NC(=O)C2CC=CCC2C(=O)O)nc1-c1ccc(CC(C)C)cc1. The molecule has 1 aliphatic rings. The Kier molecular flexibility index (Phi) is 6.29. The van der Waals surface area contributed by atoms with Gasteiger partial charge in [-0.2, -0.15) is 0 Å². The summed E-state index contributed by atoms with van der Waals surface area (Å²) in [6.07, 6.45) is 5.58. The van der Waals surface area contributed by atoms with Gasteiger partial charge in [-0.15, -0.1) is 11.3 Å². The van der Waals surface area contributed by atoms with Gasteiger partial charge >= 0.3 is 5.97 Å². The molecule has 1 aromatic carbocycles. The second-order valence-electron chi connectivity index (χ2n) is 7.70. The number of rotatable bonds is 6. The van der Waals surface area contributed by atoms with Gasteiger partial charge in [0.25, 0.3) is 0 Å². The molecule has 3 rings (SSSR count). The molecule has 2 N–H and O–H groups in total. The fourth-order valence-corrected chi connectivity index (χ4v) is 4.40. The van der Waals surface area contributed by atoms with Crippen LogP contribution in [0.5, 0.6) is 0 Å². The molecule has 1 amide bonds. The number of amides is 1. The molecule has 0 aliphatic heterocycles. The van der Waals surface area contributed by atoms with E-state index < -0.39 is 17.8 Å². The summed E-state index contributed by atoms with van der Waals surface area (Å²) in [7, 11) is 0.